The molecule has 0 saturated carbocycles. The molecule has 25 heavy (non-hydrogen) atoms. The van der Waals surface area contributed by atoms with Gasteiger partial charge in [0, 0.05) is 18.7 Å². The zero-order valence-electron chi connectivity index (χ0n) is 14.0. The highest BCUT2D eigenvalue weighted by Crippen LogP contribution is 2.25. The highest BCUT2D eigenvalue weighted by Gasteiger charge is 2.18. The Bertz CT molecular complexity index is 848. The molecule has 132 valence electrons. The molecule has 2 N–H and O–H groups in total. The molecule has 2 aromatic rings. The Morgan fingerprint density at radius 1 is 1.04 bits per heavy atom. The molecule has 0 fully saturated rings. The molecule has 0 radical (unpaired) electrons. The Hall–Kier alpha value is -2.18. The number of fused-ring (bicyclic) bond motifs is 1. The van der Waals surface area contributed by atoms with Crippen LogP contribution in [0.4, 0.5) is 5.69 Å². The molecule has 1 amide bonds. The van der Waals surface area contributed by atoms with Gasteiger partial charge in [-0.25, -0.2) is 13.1 Å². The molecule has 0 unspecified atom stereocenters. The maximum Gasteiger partial charge on any atom is 0.240 e. The second-order valence-electron chi connectivity index (χ2n) is 6.21. The van der Waals surface area contributed by atoms with Gasteiger partial charge in [-0.2, -0.15) is 0 Å². The summed E-state index contributed by atoms with van der Waals surface area (Å²) in [4.78, 5) is 11.8. The molecule has 1 aliphatic heterocycles. The number of carbonyl (C=O) groups excluding carboxylic acids is 1. The highest BCUT2D eigenvalue weighted by molar-refractivity contribution is 7.89. The van der Waals surface area contributed by atoms with E-state index in [1.807, 2.05) is 30.3 Å². The van der Waals surface area contributed by atoms with E-state index in [0.29, 0.717) is 25.1 Å². The molecule has 0 atom stereocenters. The standard InChI is InChI=1S/C19H22N2O3S/c22-19-10-4-9-16-14-17(11-12-18(16)21-19)25(23,24)20-13-5-8-15-6-2-1-3-7-15/h1-3,6-7,11-12,14,20H,4-5,8-10,13H2,(H,21,22). The first-order chi connectivity index (χ1) is 12.0. The second kappa shape index (κ2) is 7.80. The summed E-state index contributed by atoms with van der Waals surface area (Å²) in [7, 11) is -3.54. The minimum Gasteiger partial charge on any atom is -0.326 e. The quantitative estimate of drug-likeness (QED) is 0.780. The number of carbonyl (C=O) groups is 1. The molecule has 6 heteroatoms. The van der Waals surface area contributed by atoms with E-state index < -0.39 is 10.0 Å². The molecule has 3 rings (SSSR count). The lowest BCUT2D eigenvalue weighted by molar-refractivity contribution is -0.116. The van der Waals surface area contributed by atoms with Crippen molar-refractivity contribution in [3.63, 3.8) is 0 Å². The summed E-state index contributed by atoms with van der Waals surface area (Å²) in [5, 5.41) is 2.82. The second-order valence-corrected chi connectivity index (χ2v) is 7.97. The van der Waals surface area contributed by atoms with Crippen molar-refractivity contribution >= 4 is 21.6 Å². The summed E-state index contributed by atoms with van der Waals surface area (Å²) < 4.78 is 27.6. The number of aryl methyl sites for hydroxylation is 2. The van der Waals surface area contributed by atoms with Gasteiger partial charge in [0.1, 0.15) is 0 Å². The van der Waals surface area contributed by atoms with Crippen LogP contribution in [0, 0.1) is 0 Å². The Morgan fingerprint density at radius 2 is 1.84 bits per heavy atom. The normalized spacial score (nSPS) is 14.5. The molecule has 5 nitrogen and oxygen atoms in total. The van der Waals surface area contributed by atoms with Gasteiger partial charge in [-0.1, -0.05) is 30.3 Å². The number of hydrogen-bond acceptors (Lipinski definition) is 3. The van der Waals surface area contributed by atoms with Crippen molar-refractivity contribution in [3.05, 3.63) is 59.7 Å². The molecule has 2 aromatic carbocycles. The van der Waals surface area contributed by atoms with Gasteiger partial charge >= 0.3 is 0 Å². The number of anilines is 1. The SMILES string of the molecule is O=C1CCCc2cc(S(=O)(=O)NCCCc3ccccc3)ccc2N1. The van der Waals surface area contributed by atoms with Crippen LogP contribution in [0.2, 0.25) is 0 Å². The molecule has 0 spiro atoms. The fourth-order valence-electron chi connectivity index (χ4n) is 2.95. The Labute approximate surface area is 148 Å². The minimum atomic E-state index is -3.54. The van der Waals surface area contributed by atoms with Gasteiger partial charge in [0.25, 0.3) is 0 Å². The van der Waals surface area contributed by atoms with Crippen LogP contribution in [-0.4, -0.2) is 20.9 Å². The summed E-state index contributed by atoms with van der Waals surface area (Å²) in [6, 6.07) is 14.9. The highest BCUT2D eigenvalue weighted by atomic mass is 32.2. The summed E-state index contributed by atoms with van der Waals surface area (Å²) in [6.07, 6.45) is 3.47. The first kappa shape index (κ1) is 17.6. The van der Waals surface area contributed by atoms with Crippen LogP contribution >= 0.6 is 0 Å². The average molecular weight is 358 g/mol. The predicted molar refractivity (Wildman–Crippen MR) is 98.0 cm³/mol. The van der Waals surface area contributed by atoms with Crippen molar-refractivity contribution in [3.8, 4) is 0 Å². The van der Waals surface area contributed by atoms with Crippen LogP contribution in [0.5, 0.6) is 0 Å². The zero-order chi connectivity index (χ0) is 17.7. The van der Waals surface area contributed by atoms with Gasteiger partial charge in [0.05, 0.1) is 4.90 Å². The summed E-state index contributed by atoms with van der Waals surface area (Å²) >= 11 is 0. The van der Waals surface area contributed by atoms with Crippen molar-refractivity contribution in [1.29, 1.82) is 0 Å². The molecule has 1 aliphatic rings. The summed E-state index contributed by atoms with van der Waals surface area (Å²) in [5.74, 6) is -0.0200. The largest absolute Gasteiger partial charge is 0.326 e. The average Bonchev–Trinajstić information content (AvgIpc) is 2.79. The van der Waals surface area contributed by atoms with Crippen molar-refractivity contribution in [1.82, 2.24) is 4.72 Å². The van der Waals surface area contributed by atoms with Crippen LogP contribution in [0.25, 0.3) is 0 Å². The first-order valence-electron chi connectivity index (χ1n) is 8.51. The fourth-order valence-corrected chi connectivity index (χ4v) is 4.07. The summed E-state index contributed by atoms with van der Waals surface area (Å²) in [6.45, 7) is 0.394. The third-order valence-electron chi connectivity index (χ3n) is 4.29. The monoisotopic (exact) mass is 358 g/mol. The van der Waals surface area contributed by atoms with Gasteiger partial charge < -0.3 is 5.32 Å². The number of amides is 1. The fraction of sp³-hybridized carbons (Fsp3) is 0.316. The van der Waals surface area contributed by atoms with E-state index >= 15 is 0 Å². The molecular weight excluding hydrogens is 336 g/mol. The van der Waals surface area contributed by atoms with Crippen LogP contribution in [0.1, 0.15) is 30.4 Å². The van der Waals surface area contributed by atoms with E-state index in [4.69, 9.17) is 0 Å². The van der Waals surface area contributed by atoms with Crippen molar-refractivity contribution in [2.45, 2.75) is 37.0 Å². The maximum absolute atomic E-state index is 12.5. The lowest BCUT2D eigenvalue weighted by Crippen LogP contribution is -2.25. The van der Waals surface area contributed by atoms with Crippen molar-refractivity contribution < 1.29 is 13.2 Å². The number of nitrogens with one attached hydrogen (secondary N) is 2. The summed E-state index contributed by atoms with van der Waals surface area (Å²) in [5.41, 5.74) is 2.78. The molecule has 0 bridgehead atoms. The maximum atomic E-state index is 12.5. The topological polar surface area (TPSA) is 75.3 Å². The Kier molecular flexibility index (Phi) is 5.50. The number of sulfonamides is 1. The number of rotatable bonds is 6. The van der Waals surface area contributed by atoms with Gasteiger partial charge in [-0.15, -0.1) is 0 Å². The smallest absolute Gasteiger partial charge is 0.240 e. The Balaban J connectivity index is 1.62. The number of hydrogen-bond donors (Lipinski definition) is 2. The predicted octanol–water partition coefficient (Wildman–Crippen LogP) is 2.87. The van der Waals surface area contributed by atoms with Crippen LogP contribution < -0.4 is 10.0 Å². The minimum absolute atomic E-state index is 0.0200. The lowest BCUT2D eigenvalue weighted by Gasteiger charge is -2.11. The van der Waals surface area contributed by atoms with E-state index in [-0.39, 0.29) is 10.8 Å². The molecule has 0 aromatic heterocycles. The van der Waals surface area contributed by atoms with Gasteiger partial charge in [0.15, 0.2) is 0 Å². The molecule has 0 aliphatic carbocycles. The zero-order valence-corrected chi connectivity index (χ0v) is 14.8. The van der Waals surface area contributed by atoms with E-state index in [0.717, 1.165) is 24.8 Å². The lowest BCUT2D eigenvalue weighted by atomic mass is 10.1. The van der Waals surface area contributed by atoms with E-state index in [2.05, 4.69) is 10.0 Å². The van der Waals surface area contributed by atoms with Crippen molar-refractivity contribution in [2.75, 3.05) is 11.9 Å². The molecule has 1 heterocycles. The van der Waals surface area contributed by atoms with E-state index in [1.165, 1.54) is 5.56 Å². The van der Waals surface area contributed by atoms with Gasteiger partial charge in [-0.3, -0.25) is 4.79 Å². The van der Waals surface area contributed by atoms with Crippen LogP contribution in [-0.2, 0) is 27.7 Å². The number of benzene rings is 2. The molecular formula is C19H22N2O3S. The van der Waals surface area contributed by atoms with Crippen LogP contribution in [0.15, 0.2) is 53.4 Å². The molecule has 0 saturated heterocycles. The van der Waals surface area contributed by atoms with E-state index in [1.54, 1.807) is 18.2 Å². The van der Waals surface area contributed by atoms with Gasteiger partial charge in [-0.05, 0) is 55.0 Å². The Morgan fingerprint density at radius 3 is 2.64 bits per heavy atom. The third-order valence-corrected chi connectivity index (χ3v) is 5.75. The van der Waals surface area contributed by atoms with Crippen molar-refractivity contribution in [2.24, 2.45) is 0 Å². The van der Waals surface area contributed by atoms with Crippen LogP contribution in [0.3, 0.4) is 0 Å². The third kappa shape index (κ3) is 4.67. The first-order valence-corrected chi connectivity index (χ1v) is 9.99. The van der Waals surface area contributed by atoms with Gasteiger partial charge in [0.2, 0.25) is 15.9 Å². The van der Waals surface area contributed by atoms with E-state index in [9.17, 15) is 13.2 Å².